The molecule has 0 aliphatic carbocycles. The largest absolute Gasteiger partial charge is 0.311 e. The summed E-state index contributed by atoms with van der Waals surface area (Å²) >= 11 is 1.80. The summed E-state index contributed by atoms with van der Waals surface area (Å²) < 4.78 is 0. The van der Waals surface area contributed by atoms with Gasteiger partial charge in [-0.25, -0.2) is 0 Å². The molecule has 1 aromatic heterocycles. The Balaban J connectivity index is 1.70. The quantitative estimate of drug-likeness (QED) is 0.908. The molecule has 1 N–H and O–H groups in total. The third-order valence-electron chi connectivity index (χ3n) is 4.39. The van der Waals surface area contributed by atoms with Crippen molar-refractivity contribution in [1.29, 1.82) is 0 Å². The Labute approximate surface area is 131 Å². The molecule has 0 amide bonds. The van der Waals surface area contributed by atoms with Crippen LogP contribution in [0.1, 0.15) is 24.5 Å². The lowest BCUT2D eigenvalue weighted by Crippen LogP contribution is -2.56. The van der Waals surface area contributed by atoms with Gasteiger partial charge in [-0.2, -0.15) is 11.3 Å². The highest BCUT2D eigenvalue weighted by atomic mass is 32.1. The molecule has 2 aromatic rings. The fourth-order valence-corrected chi connectivity index (χ4v) is 3.76. The van der Waals surface area contributed by atoms with E-state index in [-0.39, 0.29) is 0 Å². The average molecular weight is 300 g/mol. The number of nitrogens with zero attached hydrogens (tertiary/aromatic N) is 1. The highest BCUT2D eigenvalue weighted by Gasteiger charge is 2.27. The Hall–Kier alpha value is -1.16. The van der Waals surface area contributed by atoms with Gasteiger partial charge in [-0.05, 0) is 40.8 Å². The molecule has 1 aliphatic rings. The molecule has 1 fully saturated rings. The van der Waals surface area contributed by atoms with E-state index in [1.54, 1.807) is 11.3 Å². The molecule has 2 heterocycles. The van der Waals surface area contributed by atoms with Crippen molar-refractivity contribution < 1.29 is 0 Å². The SMILES string of the molecule is CCC1CN(Cc2ccsc2)C(Cc2ccccc2)CN1. The molecule has 2 atom stereocenters. The van der Waals surface area contributed by atoms with Crippen molar-refractivity contribution in [3.05, 3.63) is 58.3 Å². The highest BCUT2D eigenvalue weighted by Crippen LogP contribution is 2.18. The van der Waals surface area contributed by atoms with E-state index in [1.807, 2.05) is 0 Å². The first kappa shape index (κ1) is 14.8. The Morgan fingerprint density at radius 3 is 2.76 bits per heavy atom. The summed E-state index contributed by atoms with van der Waals surface area (Å²) in [7, 11) is 0. The molecule has 3 rings (SSSR count). The molecule has 0 bridgehead atoms. The molecule has 1 aromatic carbocycles. The molecule has 0 saturated carbocycles. The van der Waals surface area contributed by atoms with E-state index in [0.717, 1.165) is 26.1 Å². The summed E-state index contributed by atoms with van der Waals surface area (Å²) in [5, 5.41) is 8.17. The monoisotopic (exact) mass is 300 g/mol. The second-order valence-electron chi connectivity index (χ2n) is 5.92. The number of thiophene rings is 1. The Kier molecular flexibility index (Phi) is 5.07. The molecule has 112 valence electrons. The summed E-state index contributed by atoms with van der Waals surface area (Å²) in [6.07, 6.45) is 2.34. The molecule has 2 nitrogen and oxygen atoms in total. The van der Waals surface area contributed by atoms with Crippen LogP contribution >= 0.6 is 11.3 Å². The molecule has 0 radical (unpaired) electrons. The van der Waals surface area contributed by atoms with Crippen LogP contribution in [0, 0.1) is 0 Å². The minimum Gasteiger partial charge on any atom is -0.311 e. The van der Waals surface area contributed by atoms with E-state index in [0.29, 0.717) is 12.1 Å². The van der Waals surface area contributed by atoms with Crippen molar-refractivity contribution in [2.45, 2.75) is 38.4 Å². The fraction of sp³-hybridized carbons (Fsp3) is 0.444. The predicted molar refractivity (Wildman–Crippen MR) is 90.7 cm³/mol. The van der Waals surface area contributed by atoms with Gasteiger partial charge < -0.3 is 5.32 Å². The van der Waals surface area contributed by atoms with Crippen molar-refractivity contribution in [2.75, 3.05) is 13.1 Å². The minimum absolute atomic E-state index is 0.593. The number of hydrogen-bond donors (Lipinski definition) is 1. The lowest BCUT2D eigenvalue weighted by Gasteiger charge is -2.40. The second kappa shape index (κ2) is 7.21. The smallest absolute Gasteiger partial charge is 0.0265 e. The Morgan fingerprint density at radius 1 is 1.19 bits per heavy atom. The third kappa shape index (κ3) is 3.94. The Morgan fingerprint density at radius 2 is 2.05 bits per heavy atom. The lowest BCUT2D eigenvalue weighted by atomic mass is 9.99. The number of hydrogen-bond acceptors (Lipinski definition) is 3. The fourth-order valence-electron chi connectivity index (χ4n) is 3.10. The van der Waals surface area contributed by atoms with Crippen LogP contribution in [-0.4, -0.2) is 30.1 Å². The summed E-state index contributed by atoms with van der Waals surface area (Å²) in [6, 6.07) is 14.4. The zero-order valence-corrected chi connectivity index (χ0v) is 13.5. The molecule has 1 aliphatic heterocycles. The standard InChI is InChI=1S/C18H24N2S/c1-2-17-13-20(12-16-8-9-21-14-16)18(11-19-17)10-15-6-4-3-5-7-15/h3-9,14,17-19H,2,10-13H2,1H3. The van der Waals surface area contributed by atoms with E-state index in [9.17, 15) is 0 Å². The zero-order chi connectivity index (χ0) is 14.5. The molecule has 1 saturated heterocycles. The maximum absolute atomic E-state index is 3.71. The van der Waals surface area contributed by atoms with Crippen molar-refractivity contribution in [2.24, 2.45) is 0 Å². The van der Waals surface area contributed by atoms with Crippen LogP contribution < -0.4 is 5.32 Å². The van der Waals surface area contributed by atoms with Gasteiger partial charge >= 0.3 is 0 Å². The number of nitrogens with one attached hydrogen (secondary N) is 1. The topological polar surface area (TPSA) is 15.3 Å². The van der Waals surface area contributed by atoms with Gasteiger partial charge in [0.1, 0.15) is 0 Å². The van der Waals surface area contributed by atoms with E-state index in [2.05, 4.69) is 64.3 Å². The lowest BCUT2D eigenvalue weighted by molar-refractivity contribution is 0.120. The van der Waals surface area contributed by atoms with Crippen LogP contribution in [0.2, 0.25) is 0 Å². The Bertz CT molecular complexity index is 523. The maximum Gasteiger partial charge on any atom is 0.0265 e. The van der Waals surface area contributed by atoms with Crippen molar-refractivity contribution in [1.82, 2.24) is 10.2 Å². The highest BCUT2D eigenvalue weighted by molar-refractivity contribution is 7.07. The summed E-state index contributed by atoms with van der Waals surface area (Å²) in [6.45, 7) is 5.61. The third-order valence-corrected chi connectivity index (χ3v) is 5.12. The van der Waals surface area contributed by atoms with E-state index < -0.39 is 0 Å². The van der Waals surface area contributed by atoms with Crippen molar-refractivity contribution in [3.8, 4) is 0 Å². The molecular formula is C18H24N2S. The van der Waals surface area contributed by atoms with E-state index >= 15 is 0 Å². The van der Waals surface area contributed by atoms with Crippen LogP contribution in [0.3, 0.4) is 0 Å². The van der Waals surface area contributed by atoms with Gasteiger partial charge in [0, 0.05) is 31.7 Å². The predicted octanol–water partition coefficient (Wildman–Crippen LogP) is 3.54. The van der Waals surface area contributed by atoms with Crippen LogP contribution in [-0.2, 0) is 13.0 Å². The summed E-state index contributed by atoms with van der Waals surface area (Å²) in [5.74, 6) is 0. The van der Waals surface area contributed by atoms with E-state index in [4.69, 9.17) is 0 Å². The molecule has 21 heavy (non-hydrogen) atoms. The first-order valence-corrected chi connectivity index (χ1v) is 8.82. The first-order valence-electron chi connectivity index (χ1n) is 7.87. The first-order chi connectivity index (χ1) is 10.3. The molecule has 2 unspecified atom stereocenters. The molecule has 3 heteroatoms. The van der Waals surface area contributed by atoms with Crippen LogP contribution in [0.5, 0.6) is 0 Å². The van der Waals surface area contributed by atoms with Gasteiger partial charge in [0.2, 0.25) is 0 Å². The van der Waals surface area contributed by atoms with Crippen molar-refractivity contribution >= 4 is 11.3 Å². The number of rotatable bonds is 5. The van der Waals surface area contributed by atoms with Gasteiger partial charge in [0.25, 0.3) is 0 Å². The number of benzene rings is 1. The van der Waals surface area contributed by atoms with E-state index in [1.165, 1.54) is 17.5 Å². The molecule has 0 spiro atoms. The summed E-state index contributed by atoms with van der Waals surface area (Å²) in [4.78, 5) is 2.67. The second-order valence-corrected chi connectivity index (χ2v) is 6.70. The van der Waals surface area contributed by atoms with Crippen LogP contribution in [0.15, 0.2) is 47.2 Å². The van der Waals surface area contributed by atoms with Gasteiger partial charge in [0.15, 0.2) is 0 Å². The van der Waals surface area contributed by atoms with Gasteiger partial charge in [-0.15, -0.1) is 0 Å². The van der Waals surface area contributed by atoms with Crippen molar-refractivity contribution in [3.63, 3.8) is 0 Å². The minimum atomic E-state index is 0.593. The maximum atomic E-state index is 3.71. The van der Waals surface area contributed by atoms with Crippen LogP contribution in [0.4, 0.5) is 0 Å². The van der Waals surface area contributed by atoms with Gasteiger partial charge in [-0.1, -0.05) is 37.3 Å². The summed E-state index contributed by atoms with van der Waals surface area (Å²) in [5.41, 5.74) is 2.89. The van der Waals surface area contributed by atoms with Gasteiger partial charge in [0.05, 0.1) is 0 Å². The normalized spacial score (nSPS) is 23.3. The van der Waals surface area contributed by atoms with Crippen LogP contribution in [0.25, 0.3) is 0 Å². The molecular weight excluding hydrogens is 276 g/mol. The average Bonchev–Trinajstić information content (AvgIpc) is 3.03. The zero-order valence-electron chi connectivity index (χ0n) is 12.7. The number of piperazine rings is 1. The van der Waals surface area contributed by atoms with Gasteiger partial charge in [-0.3, -0.25) is 4.90 Å².